The molecule has 4 aromatic carbocycles. The van der Waals surface area contributed by atoms with E-state index in [0.29, 0.717) is 26.2 Å². The predicted octanol–water partition coefficient (Wildman–Crippen LogP) is 13.7. The van der Waals surface area contributed by atoms with Crippen LogP contribution < -0.4 is 4.74 Å². The van der Waals surface area contributed by atoms with Crippen molar-refractivity contribution in [3.8, 4) is 23.0 Å². The summed E-state index contributed by atoms with van der Waals surface area (Å²) in [6.45, 7) is 28.8. The van der Waals surface area contributed by atoms with Gasteiger partial charge in [0.25, 0.3) is 0 Å². The van der Waals surface area contributed by atoms with Gasteiger partial charge in [0.15, 0.2) is 0 Å². The molecule has 1 aliphatic rings. The fourth-order valence-electron chi connectivity index (χ4n) is 5.49. The molecule has 274 valence electrons. The second-order valence-electron chi connectivity index (χ2n) is 17.5. The lowest BCUT2D eigenvalue weighted by Gasteiger charge is -2.27. The molecule has 8 heteroatoms. The number of fused-ring (bicyclic) bond motifs is 8. The van der Waals surface area contributed by atoms with E-state index >= 15 is 0 Å². The minimum absolute atomic E-state index is 0.130. The summed E-state index contributed by atoms with van der Waals surface area (Å²) in [7, 11) is 0. The molecule has 0 unspecified atom stereocenters. The lowest BCUT2D eigenvalue weighted by Crippen LogP contribution is -2.13. The smallest absolute Gasteiger partial charge is 0.147 e. The molecule has 0 saturated heterocycles. The third-order valence-electron chi connectivity index (χ3n) is 8.93. The first-order valence-electron chi connectivity index (χ1n) is 17.6. The second kappa shape index (κ2) is 14.4. The number of phenolic OH excluding ortho intramolecular Hbond substituents is 3. The lowest BCUT2D eigenvalue weighted by atomic mass is 9.87. The molecule has 51 heavy (non-hydrogen) atoms. The van der Waals surface area contributed by atoms with Crippen LogP contribution in [0, 0.1) is 0 Å². The first-order chi connectivity index (χ1) is 23.5. The Labute approximate surface area is 323 Å². The Morgan fingerprint density at radius 1 is 0.412 bits per heavy atom. The molecule has 4 aromatic rings. The molecule has 0 saturated carbocycles. The van der Waals surface area contributed by atoms with Crippen molar-refractivity contribution in [3.63, 3.8) is 0 Å². The average molecular weight is 763 g/mol. The van der Waals surface area contributed by atoms with Crippen molar-refractivity contribution in [1.82, 2.24) is 0 Å². The maximum Gasteiger partial charge on any atom is 0.147 e. The Morgan fingerprint density at radius 3 is 0.843 bits per heavy atom. The Morgan fingerprint density at radius 2 is 0.627 bits per heavy atom. The Bertz CT molecular complexity index is 1840. The monoisotopic (exact) mass is 762 g/mol. The Balaban J connectivity index is 1.92. The van der Waals surface area contributed by atoms with E-state index in [4.69, 9.17) is 4.74 Å². The van der Waals surface area contributed by atoms with Crippen molar-refractivity contribution in [2.24, 2.45) is 0 Å². The quantitative estimate of drug-likeness (QED) is 0.168. The second-order valence-corrected chi connectivity index (χ2v) is 21.9. The van der Waals surface area contributed by atoms with E-state index in [9.17, 15) is 15.3 Å². The van der Waals surface area contributed by atoms with Crippen LogP contribution in [0.5, 0.6) is 23.0 Å². The van der Waals surface area contributed by atoms with Crippen LogP contribution in [0.2, 0.25) is 0 Å². The summed E-state index contributed by atoms with van der Waals surface area (Å²) >= 11 is 5.77. The summed E-state index contributed by atoms with van der Waals surface area (Å²) < 4.78 is 6.60. The van der Waals surface area contributed by atoms with Gasteiger partial charge in [-0.25, -0.2) is 0 Å². The minimum atomic E-state index is -0.214. The van der Waals surface area contributed by atoms with E-state index in [1.54, 1.807) is 0 Å². The van der Waals surface area contributed by atoms with E-state index in [2.05, 4.69) is 126 Å². The van der Waals surface area contributed by atoms with Gasteiger partial charge >= 0.3 is 0 Å². The highest BCUT2D eigenvalue weighted by Crippen LogP contribution is 2.55. The molecule has 5 rings (SSSR count). The van der Waals surface area contributed by atoms with E-state index < -0.39 is 0 Å². The maximum absolute atomic E-state index is 12.1. The number of hydrogen-bond donors (Lipinski definition) is 3. The third kappa shape index (κ3) is 8.83. The first kappa shape index (κ1) is 39.7. The van der Waals surface area contributed by atoms with Crippen LogP contribution in [-0.2, 0) is 21.7 Å². The normalized spacial score (nSPS) is 14.1. The molecule has 3 N–H and O–H groups in total. The van der Waals surface area contributed by atoms with Gasteiger partial charge in [-0.1, -0.05) is 137 Å². The van der Waals surface area contributed by atoms with E-state index in [0.717, 1.165) is 54.0 Å². The van der Waals surface area contributed by atoms with Crippen LogP contribution in [0.4, 0.5) is 0 Å². The van der Waals surface area contributed by atoms with Gasteiger partial charge in [0.2, 0.25) is 0 Å². The van der Waals surface area contributed by atoms with Gasteiger partial charge in [0, 0.05) is 0 Å². The fourth-order valence-corrected chi connectivity index (χ4v) is 9.95. The Hall–Kier alpha value is -2.52. The highest BCUT2D eigenvalue weighted by atomic mass is 32.2. The van der Waals surface area contributed by atoms with Gasteiger partial charge in [-0.15, -0.1) is 0 Å². The minimum Gasteiger partial charge on any atom is -0.506 e. The van der Waals surface area contributed by atoms with Gasteiger partial charge in [-0.05, 0) is 98.9 Å². The number of aromatic hydroxyl groups is 3. The van der Waals surface area contributed by atoms with Crippen LogP contribution in [0.15, 0.2) is 87.7 Å². The molecule has 0 aromatic heterocycles. The molecule has 0 spiro atoms. The molecule has 0 atom stereocenters. The van der Waals surface area contributed by atoms with Crippen LogP contribution in [0.1, 0.15) is 119 Å². The molecule has 0 fully saturated rings. The zero-order valence-corrected chi connectivity index (χ0v) is 35.7. The van der Waals surface area contributed by atoms with Crippen LogP contribution in [-0.4, -0.2) is 21.9 Å². The Kier molecular flexibility index (Phi) is 11.2. The fraction of sp³-hybridized carbons (Fsp3) is 0.442. The average Bonchev–Trinajstić information content (AvgIpc) is 2.99. The first-order valence-corrected chi connectivity index (χ1v) is 20.9. The molecule has 0 amide bonds. The van der Waals surface area contributed by atoms with Crippen LogP contribution >= 0.6 is 47.0 Å². The molecule has 1 aliphatic heterocycles. The standard InChI is InChI=1S/C43H54O4S4/c1-14-15-47-39-34-22-27(43(11,12)13)23-35(39)51-33-21-26(42(8,9)10)19-31(38(33)46)49-29-17-24(40(2,3)4)16-28(36(29)44)48-30-18-25(41(5,6)7)20-32(50-34)37(30)45/h16-23,44-46H,14-15H2,1-13H3. The van der Waals surface area contributed by atoms with Crippen molar-refractivity contribution in [2.45, 2.75) is 157 Å². The summed E-state index contributed by atoms with van der Waals surface area (Å²) in [6.07, 6.45) is 0.837. The summed E-state index contributed by atoms with van der Waals surface area (Å²) in [5.41, 5.74) is 3.57. The summed E-state index contributed by atoms with van der Waals surface area (Å²) in [5, 5.41) is 36.1. The molecular weight excluding hydrogens is 709 g/mol. The summed E-state index contributed by atoms with van der Waals surface area (Å²) in [6, 6.07) is 16.7. The topological polar surface area (TPSA) is 69.9 Å². The van der Waals surface area contributed by atoms with E-state index in [1.807, 2.05) is 12.1 Å². The van der Waals surface area contributed by atoms with Crippen LogP contribution in [0.3, 0.4) is 0 Å². The zero-order chi connectivity index (χ0) is 37.8. The number of benzene rings is 4. The molecule has 1 heterocycles. The van der Waals surface area contributed by atoms with Gasteiger partial charge in [-0.3, -0.25) is 0 Å². The van der Waals surface area contributed by atoms with Crippen molar-refractivity contribution < 1.29 is 20.1 Å². The number of phenols is 3. The third-order valence-corrected chi connectivity index (χ3v) is 13.2. The van der Waals surface area contributed by atoms with Crippen molar-refractivity contribution >= 4 is 47.0 Å². The largest absolute Gasteiger partial charge is 0.506 e. The van der Waals surface area contributed by atoms with Gasteiger partial charge in [0.1, 0.15) is 23.0 Å². The zero-order valence-electron chi connectivity index (χ0n) is 32.4. The molecule has 8 bridgehead atoms. The van der Waals surface area contributed by atoms with Crippen molar-refractivity contribution in [2.75, 3.05) is 6.61 Å². The van der Waals surface area contributed by atoms with Crippen LogP contribution in [0.25, 0.3) is 0 Å². The number of rotatable bonds is 3. The van der Waals surface area contributed by atoms with E-state index in [1.165, 1.54) is 47.0 Å². The number of ether oxygens (including phenoxy) is 1. The molecule has 4 nitrogen and oxygen atoms in total. The molecular formula is C43H54O4S4. The van der Waals surface area contributed by atoms with Gasteiger partial charge < -0.3 is 20.1 Å². The lowest BCUT2D eigenvalue weighted by molar-refractivity contribution is 0.302. The molecule has 0 aliphatic carbocycles. The SMILES string of the molecule is CCCOc1c2cc(C(C)(C)C)cc1Sc1cc(C(C)(C)C)cc(c1O)Sc1cc(C(C)(C)C)cc(c1O)Sc1cc(C(C)(C)C)cc(c1O)S2. The predicted molar refractivity (Wildman–Crippen MR) is 218 cm³/mol. The highest BCUT2D eigenvalue weighted by Gasteiger charge is 2.29. The van der Waals surface area contributed by atoms with Crippen molar-refractivity contribution in [3.05, 3.63) is 70.8 Å². The van der Waals surface area contributed by atoms with E-state index in [-0.39, 0.29) is 38.9 Å². The maximum atomic E-state index is 12.1. The highest BCUT2D eigenvalue weighted by molar-refractivity contribution is 8.01. The summed E-state index contributed by atoms with van der Waals surface area (Å²) in [5.74, 6) is 1.22. The number of hydrogen-bond acceptors (Lipinski definition) is 8. The summed E-state index contributed by atoms with van der Waals surface area (Å²) in [4.78, 5) is 5.91. The molecule has 0 radical (unpaired) electrons. The van der Waals surface area contributed by atoms with Crippen molar-refractivity contribution in [1.29, 1.82) is 0 Å². The van der Waals surface area contributed by atoms with Gasteiger partial charge in [0.05, 0.1) is 45.8 Å². The van der Waals surface area contributed by atoms with Gasteiger partial charge in [-0.2, -0.15) is 0 Å².